The molecule has 0 spiro atoms. The first-order chi connectivity index (χ1) is 17.5. The Morgan fingerprint density at radius 3 is 2.73 bits per heavy atom. The second kappa shape index (κ2) is 9.02. The molecule has 4 N–H and O–H groups in total. The fraction of sp³-hybridized carbons (Fsp3) is 0.320. The minimum atomic E-state index is -4.39. The molecule has 0 aliphatic heterocycles. The predicted octanol–water partition coefficient (Wildman–Crippen LogP) is 4.04. The van der Waals surface area contributed by atoms with Gasteiger partial charge >= 0.3 is 11.9 Å². The van der Waals surface area contributed by atoms with Crippen LogP contribution in [-0.2, 0) is 0 Å². The molecule has 1 fully saturated rings. The fourth-order valence-electron chi connectivity index (χ4n) is 4.53. The van der Waals surface area contributed by atoms with Crippen molar-refractivity contribution in [2.75, 3.05) is 11.9 Å². The Balaban J connectivity index is 1.51. The number of imidazole rings is 1. The normalized spacial score (nSPS) is 17.4. The lowest BCUT2D eigenvalue weighted by Crippen LogP contribution is -2.23. The Hall–Kier alpha value is -4.22. The predicted molar refractivity (Wildman–Crippen MR) is 132 cm³/mol. The zero-order chi connectivity index (χ0) is 26.5. The molecule has 2 atom stereocenters. The number of H-pyrrole nitrogens is 2. The number of nitrogens with one attached hydrogen (secondary N) is 4. The van der Waals surface area contributed by atoms with Crippen molar-refractivity contribution in [3.05, 3.63) is 80.4 Å². The van der Waals surface area contributed by atoms with Crippen LogP contribution in [0.3, 0.4) is 0 Å². The van der Waals surface area contributed by atoms with Crippen molar-refractivity contribution in [2.24, 2.45) is 5.92 Å². The van der Waals surface area contributed by atoms with Crippen LogP contribution >= 0.6 is 0 Å². The van der Waals surface area contributed by atoms with Gasteiger partial charge in [-0.2, -0.15) is 18.3 Å². The fourth-order valence-corrected chi connectivity index (χ4v) is 4.53. The molecule has 1 aromatic carbocycles. The average Bonchev–Trinajstić information content (AvgIpc) is 3.49. The van der Waals surface area contributed by atoms with Crippen LogP contribution in [-0.4, -0.2) is 43.0 Å². The molecule has 0 unspecified atom stereocenters. The maximum atomic E-state index is 13.0. The molecule has 1 aliphatic rings. The Kier molecular flexibility index (Phi) is 5.97. The first-order valence-corrected chi connectivity index (χ1v) is 11.7. The summed E-state index contributed by atoms with van der Waals surface area (Å²) >= 11 is 0. The monoisotopic (exact) mass is 511 g/mol. The molecule has 12 heteroatoms. The van der Waals surface area contributed by atoms with Crippen LogP contribution in [0.1, 0.15) is 48.8 Å². The molecule has 3 heterocycles. The third-order valence-corrected chi connectivity index (χ3v) is 6.49. The Labute approximate surface area is 208 Å². The van der Waals surface area contributed by atoms with Gasteiger partial charge in [-0.3, -0.25) is 9.78 Å². The molecule has 192 valence electrons. The van der Waals surface area contributed by atoms with Gasteiger partial charge in [0.1, 0.15) is 6.54 Å². The van der Waals surface area contributed by atoms with Gasteiger partial charge in [-0.05, 0) is 41.9 Å². The third kappa shape index (κ3) is 4.91. The van der Waals surface area contributed by atoms with Crippen LogP contribution in [0.25, 0.3) is 16.9 Å². The minimum absolute atomic E-state index is 0.000593. The van der Waals surface area contributed by atoms with Crippen molar-refractivity contribution in [3.63, 3.8) is 0 Å². The lowest BCUT2D eigenvalue weighted by molar-refractivity contribution is -0.115. The SMILES string of the molecule is CC(C)C(=N)c1ccc([C@H]2C[C@@H]2c2cc(-c3c[nH]c(=O)[nH]c3=O)nn3ccnc23)cc1NCC(F)(F)F. The molecule has 9 nitrogen and oxygen atoms in total. The molecule has 5 rings (SSSR count). The number of aromatic nitrogens is 5. The highest BCUT2D eigenvalue weighted by Crippen LogP contribution is 2.56. The number of benzene rings is 1. The highest BCUT2D eigenvalue weighted by atomic mass is 19.4. The maximum absolute atomic E-state index is 13.0. The quantitative estimate of drug-likeness (QED) is 0.278. The highest BCUT2D eigenvalue weighted by Gasteiger charge is 2.42. The number of hydrogen-bond donors (Lipinski definition) is 4. The summed E-state index contributed by atoms with van der Waals surface area (Å²) in [6, 6.07) is 7.02. The summed E-state index contributed by atoms with van der Waals surface area (Å²) in [4.78, 5) is 32.8. The number of hydrogen-bond acceptors (Lipinski definition) is 6. The summed E-state index contributed by atoms with van der Waals surface area (Å²) in [7, 11) is 0. The first kappa shape index (κ1) is 24.5. The highest BCUT2D eigenvalue weighted by molar-refractivity contribution is 6.04. The topological polar surface area (TPSA) is 132 Å². The van der Waals surface area contributed by atoms with Gasteiger partial charge < -0.3 is 15.7 Å². The molecular weight excluding hydrogens is 487 g/mol. The number of aromatic amines is 2. The Morgan fingerprint density at radius 1 is 1.24 bits per heavy atom. The summed E-state index contributed by atoms with van der Waals surface area (Å²) in [6.07, 6.45) is 0.893. The summed E-state index contributed by atoms with van der Waals surface area (Å²) in [5, 5.41) is 15.3. The van der Waals surface area contributed by atoms with Crippen molar-refractivity contribution in [1.82, 2.24) is 24.6 Å². The number of rotatable bonds is 7. The van der Waals surface area contributed by atoms with E-state index in [0.717, 1.165) is 17.5 Å². The molecular formula is C25H24F3N7O2. The van der Waals surface area contributed by atoms with E-state index in [0.29, 0.717) is 16.9 Å². The van der Waals surface area contributed by atoms with Crippen LogP contribution < -0.4 is 16.6 Å². The smallest absolute Gasteiger partial charge is 0.376 e. The third-order valence-electron chi connectivity index (χ3n) is 6.49. The molecule has 1 aliphatic carbocycles. The van der Waals surface area contributed by atoms with Gasteiger partial charge in [0.25, 0.3) is 5.56 Å². The van der Waals surface area contributed by atoms with Crippen LogP contribution in [0.15, 0.2) is 52.4 Å². The summed E-state index contributed by atoms with van der Waals surface area (Å²) in [5.74, 6) is -0.135. The Morgan fingerprint density at radius 2 is 2.03 bits per heavy atom. The van der Waals surface area contributed by atoms with E-state index in [1.807, 2.05) is 19.9 Å². The number of alkyl halides is 3. The van der Waals surface area contributed by atoms with E-state index in [1.54, 1.807) is 35.1 Å². The summed E-state index contributed by atoms with van der Waals surface area (Å²) in [5.41, 5.74) is 2.65. The van der Waals surface area contributed by atoms with Crippen molar-refractivity contribution < 1.29 is 13.2 Å². The van der Waals surface area contributed by atoms with Crippen molar-refractivity contribution >= 4 is 17.0 Å². The van der Waals surface area contributed by atoms with Gasteiger partial charge in [0.05, 0.1) is 11.3 Å². The maximum Gasteiger partial charge on any atom is 0.405 e. The molecule has 3 aromatic heterocycles. The second-order valence-corrected chi connectivity index (χ2v) is 9.46. The van der Waals surface area contributed by atoms with Gasteiger partial charge in [0.2, 0.25) is 0 Å². The zero-order valence-corrected chi connectivity index (χ0v) is 20.0. The molecule has 4 aromatic rings. The number of anilines is 1. The van der Waals surface area contributed by atoms with E-state index in [4.69, 9.17) is 5.41 Å². The van der Waals surface area contributed by atoms with Crippen LogP contribution in [0.2, 0.25) is 0 Å². The molecule has 0 bridgehead atoms. The number of nitrogens with zero attached hydrogens (tertiary/aromatic N) is 3. The minimum Gasteiger partial charge on any atom is -0.376 e. The lowest BCUT2D eigenvalue weighted by Gasteiger charge is -2.17. The molecule has 1 saturated carbocycles. The number of halogens is 3. The molecule has 0 amide bonds. The van der Waals surface area contributed by atoms with Gasteiger partial charge in [0, 0.05) is 41.1 Å². The lowest BCUT2D eigenvalue weighted by atomic mass is 9.95. The molecule has 37 heavy (non-hydrogen) atoms. The van der Waals surface area contributed by atoms with E-state index >= 15 is 0 Å². The van der Waals surface area contributed by atoms with Crippen molar-refractivity contribution in [1.29, 1.82) is 5.41 Å². The van der Waals surface area contributed by atoms with Crippen LogP contribution in [0.4, 0.5) is 18.9 Å². The van der Waals surface area contributed by atoms with Crippen molar-refractivity contribution in [3.8, 4) is 11.3 Å². The van der Waals surface area contributed by atoms with E-state index < -0.39 is 24.0 Å². The van der Waals surface area contributed by atoms with E-state index in [1.165, 1.54) is 6.20 Å². The van der Waals surface area contributed by atoms with Gasteiger partial charge in [-0.1, -0.05) is 26.0 Å². The van der Waals surface area contributed by atoms with Gasteiger partial charge in [-0.25, -0.2) is 14.3 Å². The van der Waals surface area contributed by atoms with Crippen LogP contribution in [0, 0.1) is 11.3 Å². The van der Waals surface area contributed by atoms with E-state index in [2.05, 4.69) is 25.4 Å². The van der Waals surface area contributed by atoms with Gasteiger partial charge in [0.15, 0.2) is 5.65 Å². The molecule has 0 radical (unpaired) electrons. The van der Waals surface area contributed by atoms with Crippen LogP contribution in [0.5, 0.6) is 0 Å². The Bertz CT molecular complexity index is 1620. The second-order valence-electron chi connectivity index (χ2n) is 9.46. The van der Waals surface area contributed by atoms with Crippen molar-refractivity contribution in [2.45, 2.75) is 38.3 Å². The first-order valence-electron chi connectivity index (χ1n) is 11.7. The molecule has 0 saturated heterocycles. The van der Waals surface area contributed by atoms with E-state index in [-0.39, 0.29) is 34.7 Å². The van der Waals surface area contributed by atoms with E-state index in [9.17, 15) is 22.8 Å². The van der Waals surface area contributed by atoms with Gasteiger partial charge in [-0.15, -0.1) is 0 Å². The zero-order valence-electron chi connectivity index (χ0n) is 20.0. The summed E-state index contributed by atoms with van der Waals surface area (Å²) < 4.78 is 40.4. The average molecular weight is 512 g/mol. The standard InChI is InChI=1S/C25H24F3N7O2/c1-12(2)21(29)14-4-3-13(7-19(14)32-11-25(26,27)28)15-8-16(15)17-9-20(34-35-6-5-30-22(17)35)18-10-31-24(37)33-23(18)36/h3-7,9-10,12,15-16,29,32H,8,11H2,1-2H3,(H2,31,33,36,37)/t15-,16+/m1/s1. The summed E-state index contributed by atoms with van der Waals surface area (Å²) in [6.45, 7) is 2.45. The number of fused-ring (bicyclic) bond motifs is 1. The largest absolute Gasteiger partial charge is 0.405 e.